The lowest BCUT2D eigenvalue weighted by Gasteiger charge is -2.12. The van der Waals surface area contributed by atoms with Crippen LogP contribution in [0.1, 0.15) is 0 Å². The molecule has 0 saturated carbocycles. The molecule has 1 aliphatic heterocycles. The summed E-state index contributed by atoms with van der Waals surface area (Å²) in [5, 5.41) is 0. The summed E-state index contributed by atoms with van der Waals surface area (Å²) < 4.78 is 29.4. The van der Waals surface area contributed by atoms with E-state index in [0.29, 0.717) is 0 Å². The van der Waals surface area contributed by atoms with Crippen molar-refractivity contribution in [3.05, 3.63) is 18.3 Å². The summed E-state index contributed by atoms with van der Waals surface area (Å²) in [7, 11) is -4.08. The minimum Gasteiger partial charge on any atom is -0.334 e. The molecule has 7 heteroatoms. The minimum absolute atomic E-state index is 0.122. The van der Waals surface area contributed by atoms with Crippen LogP contribution in [0.15, 0.2) is 18.3 Å². The Kier molecular flexibility index (Phi) is 1.42. The van der Waals surface area contributed by atoms with Crippen LogP contribution in [0.5, 0.6) is 11.6 Å². The molecule has 0 saturated heterocycles. The lowest BCUT2D eigenvalue weighted by atomic mass is 10.4. The van der Waals surface area contributed by atoms with Crippen LogP contribution in [0, 0.1) is 0 Å². The van der Waals surface area contributed by atoms with Crippen LogP contribution in [0.4, 0.5) is 0 Å². The molecular formula is C5H3NO5S. The van der Waals surface area contributed by atoms with Gasteiger partial charge in [0.05, 0.1) is 0 Å². The largest absolute Gasteiger partial charge is 0.487 e. The quantitative estimate of drug-likeness (QED) is 0.536. The number of hydrogen-bond donors (Lipinski definition) is 0. The number of rotatable bonds is 0. The topological polar surface area (TPSA) is 74.7 Å². The van der Waals surface area contributed by atoms with Gasteiger partial charge in [-0.05, 0) is 16.5 Å². The first-order valence-electron chi connectivity index (χ1n) is 2.93. The molecule has 6 nitrogen and oxygen atoms in total. The molecule has 0 amide bonds. The van der Waals surface area contributed by atoms with Gasteiger partial charge in [-0.25, -0.2) is 4.98 Å². The van der Waals surface area contributed by atoms with E-state index in [1.807, 2.05) is 0 Å². The van der Waals surface area contributed by atoms with E-state index in [-0.39, 0.29) is 11.6 Å². The Bertz CT molecular complexity index is 400. The summed E-state index contributed by atoms with van der Waals surface area (Å²) in [5.74, 6) is 0.0103. The molecule has 0 unspecified atom stereocenters. The van der Waals surface area contributed by atoms with Crippen molar-refractivity contribution in [2.24, 2.45) is 0 Å². The maximum Gasteiger partial charge on any atom is 0.487 e. The number of fused-ring (bicyclic) bond motifs is 1. The fourth-order valence-corrected chi connectivity index (χ4v) is 1.19. The summed E-state index contributed by atoms with van der Waals surface area (Å²) in [4.78, 5) is 7.97. The zero-order valence-electron chi connectivity index (χ0n) is 5.63. The zero-order chi connectivity index (χ0) is 8.60. The molecule has 0 bridgehead atoms. The van der Waals surface area contributed by atoms with Gasteiger partial charge in [0.1, 0.15) is 0 Å². The van der Waals surface area contributed by atoms with E-state index in [1.54, 1.807) is 6.07 Å². The SMILES string of the molecule is O=S1(=O)OOc2cccnc2O1. The summed E-state index contributed by atoms with van der Waals surface area (Å²) in [6.45, 7) is 0. The molecule has 1 aromatic rings. The summed E-state index contributed by atoms with van der Waals surface area (Å²) in [6.07, 6.45) is 1.38. The first-order chi connectivity index (χ1) is 5.67. The molecule has 64 valence electrons. The van der Waals surface area contributed by atoms with Gasteiger partial charge in [0.2, 0.25) is 5.75 Å². The Balaban J connectivity index is 2.48. The van der Waals surface area contributed by atoms with E-state index in [1.165, 1.54) is 12.3 Å². The standard InChI is InChI=1S/C5H3NO5S/c7-12(8)10-5-4(9-11-12)2-1-3-6-5/h1-3H. The molecule has 0 aromatic carbocycles. The molecule has 0 fully saturated rings. The minimum atomic E-state index is -4.08. The van der Waals surface area contributed by atoms with E-state index in [9.17, 15) is 8.42 Å². The van der Waals surface area contributed by atoms with Gasteiger partial charge >= 0.3 is 10.4 Å². The van der Waals surface area contributed by atoms with Crippen molar-refractivity contribution >= 4 is 10.4 Å². The van der Waals surface area contributed by atoms with Gasteiger partial charge in [0.15, 0.2) is 0 Å². The molecule has 0 aliphatic carbocycles. The highest BCUT2D eigenvalue weighted by Gasteiger charge is 2.26. The molecule has 2 rings (SSSR count). The Morgan fingerprint density at radius 3 is 3.08 bits per heavy atom. The molecule has 12 heavy (non-hydrogen) atoms. The Morgan fingerprint density at radius 1 is 1.42 bits per heavy atom. The van der Waals surface area contributed by atoms with Crippen molar-refractivity contribution in [2.75, 3.05) is 0 Å². The lowest BCUT2D eigenvalue weighted by molar-refractivity contribution is -0.113. The van der Waals surface area contributed by atoms with Crippen LogP contribution in [0.3, 0.4) is 0 Å². The molecule has 0 atom stereocenters. The molecule has 2 heterocycles. The number of aromatic nitrogens is 1. The number of pyridine rings is 1. The third-order valence-corrected chi connectivity index (χ3v) is 1.72. The predicted octanol–water partition coefficient (Wildman–Crippen LogP) is 0.0292. The number of hydrogen-bond acceptors (Lipinski definition) is 6. The van der Waals surface area contributed by atoms with Gasteiger partial charge < -0.3 is 9.07 Å². The first kappa shape index (κ1) is 7.32. The highest BCUT2D eigenvalue weighted by molar-refractivity contribution is 7.82. The van der Waals surface area contributed by atoms with Gasteiger partial charge in [-0.2, -0.15) is 8.42 Å². The average Bonchev–Trinajstić information content (AvgIpc) is 2.02. The first-order valence-corrected chi connectivity index (χ1v) is 4.26. The Labute approximate surface area is 68.0 Å². The second-order valence-electron chi connectivity index (χ2n) is 1.95. The Hall–Kier alpha value is -1.34. The third-order valence-electron chi connectivity index (χ3n) is 1.12. The van der Waals surface area contributed by atoms with Crippen molar-refractivity contribution in [1.29, 1.82) is 0 Å². The maximum absolute atomic E-state index is 10.6. The smallest absolute Gasteiger partial charge is 0.334 e. The zero-order valence-corrected chi connectivity index (χ0v) is 6.45. The van der Waals surface area contributed by atoms with E-state index < -0.39 is 10.4 Å². The fraction of sp³-hybridized carbons (Fsp3) is 0. The summed E-state index contributed by atoms with van der Waals surface area (Å²) in [6, 6.07) is 3.03. The van der Waals surface area contributed by atoms with E-state index in [2.05, 4.69) is 18.4 Å². The van der Waals surface area contributed by atoms with Crippen molar-refractivity contribution in [2.45, 2.75) is 0 Å². The van der Waals surface area contributed by atoms with Crippen molar-refractivity contribution in [3.63, 3.8) is 0 Å². The molecule has 1 aliphatic rings. The highest BCUT2D eigenvalue weighted by atomic mass is 32.3. The average molecular weight is 189 g/mol. The van der Waals surface area contributed by atoms with Crippen LogP contribution in [-0.2, 0) is 14.7 Å². The maximum atomic E-state index is 10.6. The van der Waals surface area contributed by atoms with Crippen LogP contribution in [0.2, 0.25) is 0 Å². The van der Waals surface area contributed by atoms with Crippen LogP contribution < -0.4 is 9.07 Å². The highest BCUT2D eigenvalue weighted by Crippen LogP contribution is 2.29. The van der Waals surface area contributed by atoms with Crippen LogP contribution >= 0.6 is 0 Å². The van der Waals surface area contributed by atoms with Crippen LogP contribution in [-0.4, -0.2) is 13.4 Å². The van der Waals surface area contributed by atoms with Gasteiger partial charge in [0, 0.05) is 6.20 Å². The molecular weight excluding hydrogens is 186 g/mol. The van der Waals surface area contributed by atoms with Gasteiger partial charge in [0.25, 0.3) is 5.88 Å². The van der Waals surface area contributed by atoms with Crippen molar-refractivity contribution in [1.82, 2.24) is 4.98 Å². The Morgan fingerprint density at radius 2 is 2.25 bits per heavy atom. The normalized spacial score (nSPS) is 18.7. The molecule has 0 spiro atoms. The second kappa shape index (κ2) is 2.32. The van der Waals surface area contributed by atoms with Gasteiger partial charge in [-0.15, -0.1) is 0 Å². The van der Waals surface area contributed by atoms with Crippen LogP contribution in [0.25, 0.3) is 0 Å². The van der Waals surface area contributed by atoms with Gasteiger partial charge in [-0.3, -0.25) is 0 Å². The van der Waals surface area contributed by atoms with E-state index in [0.717, 1.165) is 0 Å². The van der Waals surface area contributed by atoms with E-state index in [4.69, 9.17) is 0 Å². The van der Waals surface area contributed by atoms with Crippen molar-refractivity contribution < 1.29 is 21.8 Å². The van der Waals surface area contributed by atoms with Crippen molar-refractivity contribution in [3.8, 4) is 11.6 Å². The van der Waals surface area contributed by atoms with E-state index >= 15 is 0 Å². The fourth-order valence-electron chi connectivity index (χ4n) is 0.691. The lowest BCUT2D eigenvalue weighted by Crippen LogP contribution is -2.21. The second-order valence-corrected chi connectivity index (χ2v) is 3.07. The summed E-state index contributed by atoms with van der Waals surface area (Å²) >= 11 is 0. The molecule has 1 aromatic heterocycles. The summed E-state index contributed by atoms with van der Waals surface area (Å²) in [5.41, 5.74) is 0. The number of nitrogens with zero attached hydrogens (tertiary/aromatic N) is 1. The van der Waals surface area contributed by atoms with Gasteiger partial charge in [-0.1, -0.05) is 0 Å². The predicted molar refractivity (Wildman–Crippen MR) is 35.5 cm³/mol. The third kappa shape index (κ3) is 1.19. The molecule has 0 radical (unpaired) electrons. The monoisotopic (exact) mass is 189 g/mol. The molecule has 0 N–H and O–H groups in total.